The van der Waals surface area contributed by atoms with Crippen LogP contribution in [0.3, 0.4) is 0 Å². The van der Waals surface area contributed by atoms with Crippen LogP contribution >= 0.6 is 11.6 Å². The van der Waals surface area contributed by atoms with Crippen molar-refractivity contribution >= 4 is 27.6 Å². The summed E-state index contributed by atoms with van der Waals surface area (Å²) in [5, 5.41) is 0.0677. The molecule has 0 amide bonds. The van der Waals surface area contributed by atoms with E-state index in [9.17, 15) is 13.2 Å². The van der Waals surface area contributed by atoms with Crippen molar-refractivity contribution in [3.63, 3.8) is 0 Å². The molecule has 23 heavy (non-hydrogen) atoms. The number of methoxy groups -OCH3 is 1. The van der Waals surface area contributed by atoms with E-state index in [1.807, 2.05) is 0 Å². The highest BCUT2D eigenvalue weighted by molar-refractivity contribution is 7.89. The van der Waals surface area contributed by atoms with Crippen LogP contribution < -0.4 is 14.2 Å². The van der Waals surface area contributed by atoms with Crippen molar-refractivity contribution in [2.45, 2.75) is 4.90 Å². The highest BCUT2D eigenvalue weighted by atomic mass is 35.5. The first-order valence-electron chi connectivity index (χ1n) is 6.52. The van der Waals surface area contributed by atoms with Crippen LogP contribution in [0, 0.1) is 0 Å². The largest absolute Gasteiger partial charge is 0.493 e. The molecule has 2 rings (SSSR count). The number of esters is 1. The molecular weight excluding hydrogens is 342 g/mol. The lowest BCUT2D eigenvalue weighted by Gasteiger charge is -2.10. The monoisotopic (exact) mass is 355 g/mol. The Bertz CT molecular complexity index is 807. The molecule has 0 aliphatic heterocycles. The summed E-state index contributed by atoms with van der Waals surface area (Å²) in [5.74, 6) is -0.197. The van der Waals surface area contributed by atoms with Crippen molar-refractivity contribution in [1.29, 1.82) is 0 Å². The standard InChI is InChI=1S/C15H14ClNO5S/c1-21-12-7-3-4-8-13(12)22-15(18)10-17-23(19,20)14-9-5-2-6-11(14)16/h2-9,17H,10H2,1H3. The van der Waals surface area contributed by atoms with Crippen LogP contribution in [-0.4, -0.2) is 28.0 Å². The summed E-state index contributed by atoms with van der Waals surface area (Å²) in [6.45, 7) is -0.536. The van der Waals surface area contributed by atoms with Gasteiger partial charge >= 0.3 is 5.97 Å². The van der Waals surface area contributed by atoms with Gasteiger partial charge in [0.2, 0.25) is 10.0 Å². The molecule has 1 N–H and O–H groups in total. The number of ether oxygens (including phenoxy) is 2. The average Bonchev–Trinajstić information content (AvgIpc) is 2.54. The van der Waals surface area contributed by atoms with E-state index < -0.39 is 22.5 Å². The molecule has 0 atom stereocenters. The lowest BCUT2D eigenvalue weighted by atomic mass is 10.3. The summed E-state index contributed by atoms with van der Waals surface area (Å²) in [6, 6.07) is 12.5. The summed E-state index contributed by atoms with van der Waals surface area (Å²) in [6.07, 6.45) is 0. The van der Waals surface area contributed by atoms with E-state index in [1.165, 1.54) is 25.3 Å². The maximum atomic E-state index is 12.1. The van der Waals surface area contributed by atoms with Crippen molar-refractivity contribution in [2.75, 3.05) is 13.7 Å². The number of carbonyl (C=O) groups is 1. The van der Waals surface area contributed by atoms with Gasteiger partial charge in [-0.05, 0) is 24.3 Å². The number of para-hydroxylation sites is 2. The van der Waals surface area contributed by atoms with Gasteiger partial charge in [-0.15, -0.1) is 0 Å². The predicted molar refractivity (Wildman–Crippen MR) is 85.3 cm³/mol. The van der Waals surface area contributed by atoms with Crippen LogP contribution in [0.1, 0.15) is 0 Å². The highest BCUT2D eigenvalue weighted by Gasteiger charge is 2.19. The smallest absolute Gasteiger partial charge is 0.326 e. The van der Waals surface area contributed by atoms with E-state index in [2.05, 4.69) is 4.72 Å². The maximum absolute atomic E-state index is 12.1. The zero-order chi connectivity index (χ0) is 16.9. The van der Waals surface area contributed by atoms with Gasteiger partial charge in [-0.2, -0.15) is 4.72 Å². The van der Waals surface area contributed by atoms with Gasteiger partial charge in [-0.3, -0.25) is 4.79 Å². The van der Waals surface area contributed by atoms with Crippen molar-refractivity contribution < 1.29 is 22.7 Å². The Labute approximate surface area is 139 Å². The summed E-state index contributed by atoms with van der Waals surface area (Å²) in [4.78, 5) is 11.7. The number of carbonyl (C=O) groups excluding carboxylic acids is 1. The molecule has 0 saturated heterocycles. The van der Waals surface area contributed by atoms with Crippen LogP contribution in [0.5, 0.6) is 11.5 Å². The number of nitrogens with one attached hydrogen (secondary N) is 1. The second-order valence-electron chi connectivity index (χ2n) is 4.38. The molecule has 0 heterocycles. The molecular formula is C15H14ClNO5S. The van der Waals surface area contributed by atoms with Gasteiger partial charge in [0.15, 0.2) is 11.5 Å². The maximum Gasteiger partial charge on any atom is 0.326 e. The first kappa shape index (κ1) is 17.3. The molecule has 0 aliphatic rings. The third-order valence-electron chi connectivity index (χ3n) is 2.83. The molecule has 6 nitrogen and oxygen atoms in total. The topological polar surface area (TPSA) is 81.7 Å². The summed E-state index contributed by atoms with van der Waals surface area (Å²) >= 11 is 5.84. The molecule has 2 aromatic rings. The van der Waals surface area contributed by atoms with Gasteiger partial charge in [-0.25, -0.2) is 8.42 Å². The molecule has 0 bridgehead atoms. The number of hydrogen-bond donors (Lipinski definition) is 1. The van der Waals surface area contributed by atoms with Crippen LogP contribution in [-0.2, 0) is 14.8 Å². The van der Waals surface area contributed by atoms with Gasteiger partial charge in [-0.1, -0.05) is 35.9 Å². The normalized spacial score (nSPS) is 11.0. The second-order valence-corrected chi connectivity index (χ2v) is 6.52. The van der Waals surface area contributed by atoms with Crippen LogP contribution in [0.2, 0.25) is 5.02 Å². The lowest BCUT2D eigenvalue weighted by molar-refractivity contribution is -0.133. The van der Waals surface area contributed by atoms with Gasteiger partial charge in [0.25, 0.3) is 0 Å². The fraction of sp³-hybridized carbons (Fsp3) is 0.133. The minimum Gasteiger partial charge on any atom is -0.493 e. The Kier molecular flexibility index (Phi) is 5.59. The Balaban J connectivity index is 2.03. The van der Waals surface area contributed by atoms with E-state index >= 15 is 0 Å². The van der Waals surface area contributed by atoms with Gasteiger partial charge < -0.3 is 9.47 Å². The van der Waals surface area contributed by atoms with E-state index in [1.54, 1.807) is 30.3 Å². The molecule has 0 saturated carbocycles. The van der Waals surface area contributed by atoms with E-state index in [0.717, 1.165) is 0 Å². The van der Waals surface area contributed by atoms with Crippen molar-refractivity contribution in [2.24, 2.45) is 0 Å². The molecule has 0 unspecified atom stereocenters. The van der Waals surface area contributed by atoms with Crippen LogP contribution in [0.4, 0.5) is 0 Å². The van der Waals surface area contributed by atoms with Gasteiger partial charge in [0.05, 0.1) is 12.1 Å². The summed E-state index contributed by atoms with van der Waals surface area (Å²) in [7, 11) is -2.47. The Hall–Kier alpha value is -2.09. The van der Waals surface area contributed by atoms with Crippen molar-refractivity contribution in [1.82, 2.24) is 4.72 Å². The highest BCUT2D eigenvalue weighted by Crippen LogP contribution is 2.25. The van der Waals surface area contributed by atoms with Gasteiger partial charge in [0, 0.05) is 0 Å². The zero-order valence-electron chi connectivity index (χ0n) is 12.2. The first-order chi connectivity index (χ1) is 10.9. The molecule has 8 heteroatoms. The third-order valence-corrected chi connectivity index (χ3v) is 4.73. The number of hydrogen-bond acceptors (Lipinski definition) is 5. The lowest BCUT2D eigenvalue weighted by Crippen LogP contribution is -2.32. The Morgan fingerprint density at radius 2 is 1.70 bits per heavy atom. The number of benzene rings is 2. The van der Waals surface area contributed by atoms with Gasteiger partial charge in [0.1, 0.15) is 11.4 Å². The first-order valence-corrected chi connectivity index (χ1v) is 8.38. The molecule has 0 aliphatic carbocycles. The minimum absolute atomic E-state index is 0.0677. The SMILES string of the molecule is COc1ccccc1OC(=O)CNS(=O)(=O)c1ccccc1Cl. The molecule has 0 radical (unpaired) electrons. The Morgan fingerprint density at radius 3 is 2.35 bits per heavy atom. The van der Waals surface area contributed by atoms with E-state index in [-0.39, 0.29) is 15.7 Å². The zero-order valence-corrected chi connectivity index (χ0v) is 13.7. The van der Waals surface area contributed by atoms with Crippen molar-refractivity contribution in [3.8, 4) is 11.5 Å². The summed E-state index contributed by atoms with van der Waals surface area (Å²) < 4.78 is 36.5. The summed E-state index contributed by atoms with van der Waals surface area (Å²) in [5.41, 5.74) is 0. The predicted octanol–water partition coefficient (Wildman–Crippen LogP) is 2.23. The number of rotatable bonds is 6. The average molecular weight is 356 g/mol. The molecule has 0 spiro atoms. The number of halogens is 1. The molecule has 122 valence electrons. The quantitative estimate of drug-likeness (QED) is 0.634. The minimum atomic E-state index is -3.91. The molecule has 0 aromatic heterocycles. The molecule has 0 fully saturated rings. The Morgan fingerprint density at radius 1 is 1.09 bits per heavy atom. The van der Waals surface area contributed by atoms with Crippen LogP contribution in [0.25, 0.3) is 0 Å². The fourth-order valence-electron chi connectivity index (χ4n) is 1.76. The molecule has 2 aromatic carbocycles. The van der Waals surface area contributed by atoms with E-state index in [0.29, 0.717) is 5.75 Å². The van der Waals surface area contributed by atoms with E-state index in [4.69, 9.17) is 21.1 Å². The fourth-order valence-corrected chi connectivity index (χ4v) is 3.24. The number of sulfonamides is 1. The van der Waals surface area contributed by atoms with Crippen LogP contribution in [0.15, 0.2) is 53.4 Å². The van der Waals surface area contributed by atoms with Crippen molar-refractivity contribution in [3.05, 3.63) is 53.6 Å². The second kappa shape index (κ2) is 7.45. The third kappa shape index (κ3) is 4.44.